The molecule has 4 N–H and O–H groups in total. The van der Waals surface area contributed by atoms with E-state index in [4.69, 9.17) is 11.5 Å². The predicted octanol–water partition coefficient (Wildman–Crippen LogP) is 0.842. The van der Waals surface area contributed by atoms with E-state index < -0.39 is 11.4 Å². The highest BCUT2D eigenvalue weighted by molar-refractivity contribution is 5.83. The number of rotatable bonds is 4. The van der Waals surface area contributed by atoms with Crippen LogP contribution in [0.25, 0.3) is 0 Å². The van der Waals surface area contributed by atoms with Gasteiger partial charge in [0, 0.05) is 18.6 Å². The van der Waals surface area contributed by atoms with Crippen molar-refractivity contribution >= 4 is 5.91 Å². The van der Waals surface area contributed by atoms with Crippen LogP contribution >= 0.6 is 0 Å². The van der Waals surface area contributed by atoms with E-state index in [1.54, 1.807) is 6.92 Å². The first kappa shape index (κ1) is 13.5. The molecule has 0 bridgehead atoms. The lowest BCUT2D eigenvalue weighted by atomic mass is 9.93. The van der Waals surface area contributed by atoms with E-state index >= 15 is 0 Å². The lowest BCUT2D eigenvalue weighted by Crippen LogP contribution is -2.53. The first-order chi connectivity index (χ1) is 7.34. The molecule has 1 fully saturated rings. The van der Waals surface area contributed by atoms with E-state index in [1.807, 2.05) is 0 Å². The summed E-state index contributed by atoms with van der Waals surface area (Å²) in [7, 11) is 0. The molecule has 0 aromatic carbocycles. The van der Waals surface area contributed by atoms with Crippen LogP contribution in [0.5, 0.6) is 0 Å². The summed E-state index contributed by atoms with van der Waals surface area (Å²) in [4.78, 5) is 13.6. The maximum Gasteiger partial charge on any atom is 0.237 e. The third-order valence-corrected chi connectivity index (χ3v) is 3.83. The molecular weight excluding hydrogens is 202 g/mol. The zero-order valence-electron chi connectivity index (χ0n) is 10.7. The van der Waals surface area contributed by atoms with Crippen molar-refractivity contribution in [1.82, 2.24) is 4.90 Å². The standard InChI is InChI=1S/C12H25N3O/c1-9-5-4-6-10(2)15(9)8-7-12(3,14)11(13)16/h9-10H,4-8,14H2,1-3H3,(H2,13,16)/t9-,10+,12?. The first-order valence-electron chi connectivity index (χ1n) is 6.19. The molecule has 1 heterocycles. The van der Waals surface area contributed by atoms with Crippen LogP contribution < -0.4 is 11.5 Å². The van der Waals surface area contributed by atoms with Gasteiger partial charge in [-0.2, -0.15) is 0 Å². The largest absolute Gasteiger partial charge is 0.368 e. The molecule has 1 aliphatic heterocycles. The Labute approximate surface area is 98.3 Å². The fraction of sp³-hybridized carbons (Fsp3) is 0.917. The highest BCUT2D eigenvalue weighted by Gasteiger charge is 2.30. The van der Waals surface area contributed by atoms with Gasteiger partial charge in [0.15, 0.2) is 0 Å². The molecule has 0 aromatic heterocycles. The summed E-state index contributed by atoms with van der Waals surface area (Å²) in [5, 5.41) is 0. The molecule has 4 nitrogen and oxygen atoms in total. The zero-order valence-corrected chi connectivity index (χ0v) is 10.7. The number of likely N-dealkylation sites (tertiary alicyclic amines) is 1. The van der Waals surface area contributed by atoms with Crippen LogP contribution in [0.4, 0.5) is 0 Å². The molecule has 0 aromatic rings. The van der Waals surface area contributed by atoms with Crippen molar-refractivity contribution in [1.29, 1.82) is 0 Å². The minimum Gasteiger partial charge on any atom is -0.368 e. The average molecular weight is 227 g/mol. The summed E-state index contributed by atoms with van der Waals surface area (Å²) in [6, 6.07) is 1.18. The molecule has 4 heteroatoms. The molecule has 1 unspecified atom stereocenters. The SMILES string of the molecule is C[C@@H]1CCC[C@H](C)N1CCC(C)(N)C(N)=O. The molecule has 0 spiro atoms. The lowest BCUT2D eigenvalue weighted by molar-refractivity contribution is -0.123. The summed E-state index contributed by atoms with van der Waals surface area (Å²) < 4.78 is 0. The van der Waals surface area contributed by atoms with Gasteiger partial charge in [-0.15, -0.1) is 0 Å². The summed E-state index contributed by atoms with van der Waals surface area (Å²) in [5.74, 6) is -0.412. The summed E-state index contributed by atoms with van der Waals surface area (Å²) in [5.41, 5.74) is 10.3. The molecule has 94 valence electrons. The highest BCUT2D eigenvalue weighted by atomic mass is 16.1. The smallest absolute Gasteiger partial charge is 0.237 e. The molecule has 0 aliphatic carbocycles. The van der Waals surface area contributed by atoms with Gasteiger partial charge in [0.05, 0.1) is 5.54 Å². The van der Waals surface area contributed by atoms with Gasteiger partial charge in [-0.25, -0.2) is 0 Å². The Morgan fingerprint density at radius 2 is 1.88 bits per heavy atom. The lowest BCUT2D eigenvalue weighted by Gasteiger charge is -2.40. The number of amides is 1. The topological polar surface area (TPSA) is 72.3 Å². The zero-order chi connectivity index (χ0) is 12.3. The maximum atomic E-state index is 11.1. The number of nitrogens with two attached hydrogens (primary N) is 2. The van der Waals surface area contributed by atoms with Crippen LogP contribution in [-0.4, -0.2) is 35.0 Å². The normalized spacial score (nSPS) is 31.0. The van der Waals surface area contributed by atoms with Crippen LogP contribution in [0.1, 0.15) is 46.5 Å². The van der Waals surface area contributed by atoms with Crippen molar-refractivity contribution in [3.05, 3.63) is 0 Å². The monoisotopic (exact) mass is 227 g/mol. The van der Waals surface area contributed by atoms with Crippen molar-refractivity contribution in [2.75, 3.05) is 6.54 Å². The summed E-state index contributed by atoms with van der Waals surface area (Å²) >= 11 is 0. The first-order valence-corrected chi connectivity index (χ1v) is 6.19. The number of hydrogen-bond donors (Lipinski definition) is 2. The Kier molecular flexibility index (Phi) is 4.33. The number of carbonyl (C=O) groups is 1. The van der Waals surface area contributed by atoms with Crippen LogP contribution in [-0.2, 0) is 4.79 Å². The fourth-order valence-corrected chi connectivity index (χ4v) is 2.40. The Morgan fingerprint density at radius 3 is 2.31 bits per heavy atom. The third kappa shape index (κ3) is 3.19. The van der Waals surface area contributed by atoms with Gasteiger partial charge >= 0.3 is 0 Å². The minimum absolute atomic E-state index is 0.412. The molecular formula is C12H25N3O. The van der Waals surface area contributed by atoms with E-state index in [9.17, 15) is 4.79 Å². The van der Waals surface area contributed by atoms with Gasteiger partial charge in [0.1, 0.15) is 0 Å². The molecule has 1 rings (SSSR count). The van der Waals surface area contributed by atoms with E-state index in [-0.39, 0.29) is 0 Å². The van der Waals surface area contributed by atoms with Gasteiger partial charge in [0.2, 0.25) is 5.91 Å². The Hall–Kier alpha value is -0.610. The van der Waals surface area contributed by atoms with E-state index in [1.165, 1.54) is 19.3 Å². The Morgan fingerprint density at radius 1 is 1.38 bits per heavy atom. The van der Waals surface area contributed by atoms with Gasteiger partial charge in [-0.1, -0.05) is 6.42 Å². The Balaban J connectivity index is 2.50. The third-order valence-electron chi connectivity index (χ3n) is 3.83. The second-order valence-electron chi connectivity index (χ2n) is 5.40. The fourth-order valence-electron chi connectivity index (χ4n) is 2.40. The number of hydrogen-bond acceptors (Lipinski definition) is 3. The molecule has 1 aliphatic rings. The van der Waals surface area contributed by atoms with E-state index in [0.717, 1.165) is 6.54 Å². The minimum atomic E-state index is -0.878. The van der Waals surface area contributed by atoms with Gasteiger partial charge in [-0.3, -0.25) is 9.69 Å². The summed E-state index contributed by atoms with van der Waals surface area (Å²) in [6.45, 7) is 7.06. The molecule has 0 saturated carbocycles. The van der Waals surface area contributed by atoms with Crippen molar-refractivity contribution in [2.45, 2.75) is 64.1 Å². The van der Waals surface area contributed by atoms with Crippen molar-refractivity contribution in [3.8, 4) is 0 Å². The van der Waals surface area contributed by atoms with Crippen LogP contribution in [0, 0.1) is 0 Å². The van der Waals surface area contributed by atoms with Gasteiger partial charge < -0.3 is 11.5 Å². The van der Waals surface area contributed by atoms with Crippen molar-refractivity contribution in [2.24, 2.45) is 11.5 Å². The number of nitrogens with zero attached hydrogens (tertiary/aromatic N) is 1. The Bertz CT molecular complexity index is 243. The average Bonchev–Trinajstić information content (AvgIpc) is 2.16. The van der Waals surface area contributed by atoms with Crippen molar-refractivity contribution in [3.63, 3.8) is 0 Å². The molecule has 0 radical (unpaired) electrons. The number of primary amides is 1. The van der Waals surface area contributed by atoms with Gasteiger partial charge in [-0.05, 0) is 40.0 Å². The molecule has 3 atom stereocenters. The van der Waals surface area contributed by atoms with Crippen LogP contribution in [0.3, 0.4) is 0 Å². The molecule has 1 saturated heterocycles. The van der Waals surface area contributed by atoms with Crippen molar-refractivity contribution < 1.29 is 4.79 Å². The number of piperidine rings is 1. The maximum absolute atomic E-state index is 11.1. The predicted molar refractivity (Wildman–Crippen MR) is 65.9 cm³/mol. The van der Waals surface area contributed by atoms with E-state index in [0.29, 0.717) is 18.5 Å². The quantitative estimate of drug-likeness (QED) is 0.747. The second-order valence-corrected chi connectivity index (χ2v) is 5.40. The summed E-state index contributed by atoms with van der Waals surface area (Å²) in [6.07, 6.45) is 4.41. The van der Waals surface area contributed by atoms with Gasteiger partial charge in [0.25, 0.3) is 0 Å². The van der Waals surface area contributed by atoms with E-state index in [2.05, 4.69) is 18.7 Å². The molecule has 16 heavy (non-hydrogen) atoms. The molecule has 1 amide bonds. The van der Waals surface area contributed by atoms with Crippen LogP contribution in [0.2, 0.25) is 0 Å². The second kappa shape index (κ2) is 5.15. The highest BCUT2D eigenvalue weighted by Crippen LogP contribution is 2.23. The number of carbonyl (C=O) groups excluding carboxylic acids is 1. The van der Waals surface area contributed by atoms with Crippen LogP contribution in [0.15, 0.2) is 0 Å².